The lowest BCUT2D eigenvalue weighted by Crippen LogP contribution is -2.33. The van der Waals surface area contributed by atoms with Gasteiger partial charge in [0.05, 0.1) is 6.33 Å². The van der Waals surface area contributed by atoms with Crippen molar-refractivity contribution in [1.29, 1.82) is 0 Å². The molecule has 1 aromatic heterocycles. The molecule has 0 saturated carbocycles. The fourth-order valence-electron chi connectivity index (χ4n) is 3.27. The third-order valence-electron chi connectivity index (χ3n) is 4.50. The summed E-state index contributed by atoms with van der Waals surface area (Å²) in [5, 5.41) is 0. The summed E-state index contributed by atoms with van der Waals surface area (Å²) in [4.78, 5) is 6.94. The van der Waals surface area contributed by atoms with Crippen LogP contribution in [-0.4, -0.2) is 40.1 Å². The number of likely N-dealkylation sites (tertiary alicyclic amines) is 1. The van der Waals surface area contributed by atoms with E-state index in [1.807, 2.05) is 12.5 Å². The minimum absolute atomic E-state index is 0.416. The number of aromatic nitrogens is 2. The molecule has 1 aliphatic heterocycles. The zero-order valence-corrected chi connectivity index (χ0v) is 12.5. The van der Waals surface area contributed by atoms with Crippen molar-refractivity contribution in [3.63, 3.8) is 0 Å². The summed E-state index contributed by atoms with van der Waals surface area (Å²) in [5.74, 6) is 0.977. The average molecular weight is 264 g/mol. The summed E-state index contributed by atoms with van der Waals surface area (Å²) in [5.41, 5.74) is 7.25. The molecule has 2 rings (SSSR count). The van der Waals surface area contributed by atoms with E-state index in [1.54, 1.807) is 0 Å². The first kappa shape index (κ1) is 14.5. The van der Waals surface area contributed by atoms with E-state index in [0.717, 1.165) is 13.1 Å². The van der Waals surface area contributed by atoms with Crippen LogP contribution in [0.15, 0.2) is 12.5 Å². The van der Waals surface area contributed by atoms with E-state index in [2.05, 4.69) is 35.2 Å². The van der Waals surface area contributed by atoms with Gasteiger partial charge in [0.25, 0.3) is 0 Å². The maximum Gasteiger partial charge on any atom is 0.0948 e. The van der Waals surface area contributed by atoms with Gasteiger partial charge in [0.1, 0.15) is 0 Å². The molecule has 108 valence electrons. The molecule has 1 fully saturated rings. The molecule has 0 aromatic carbocycles. The SMILES string of the molecule is CCN1CCCC1Cn1cncc1C(CN)C(C)C. The van der Waals surface area contributed by atoms with Crippen LogP contribution in [0.1, 0.15) is 45.2 Å². The second-order valence-corrected chi connectivity index (χ2v) is 5.98. The zero-order chi connectivity index (χ0) is 13.8. The quantitative estimate of drug-likeness (QED) is 0.855. The highest BCUT2D eigenvalue weighted by Gasteiger charge is 2.25. The van der Waals surface area contributed by atoms with Crippen molar-refractivity contribution in [2.45, 2.75) is 52.1 Å². The molecule has 2 N–H and O–H groups in total. The van der Waals surface area contributed by atoms with E-state index in [4.69, 9.17) is 5.73 Å². The largest absolute Gasteiger partial charge is 0.333 e. The minimum Gasteiger partial charge on any atom is -0.333 e. The first-order chi connectivity index (χ1) is 9.17. The third-order valence-corrected chi connectivity index (χ3v) is 4.50. The van der Waals surface area contributed by atoms with Crippen LogP contribution in [-0.2, 0) is 6.54 Å². The number of hydrogen-bond donors (Lipinski definition) is 1. The molecule has 0 bridgehead atoms. The lowest BCUT2D eigenvalue weighted by molar-refractivity contribution is 0.241. The Bertz CT molecular complexity index is 385. The van der Waals surface area contributed by atoms with Crippen molar-refractivity contribution in [2.75, 3.05) is 19.6 Å². The Balaban J connectivity index is 2.11. The molecule has 0 amide bonds. The fourth-order valence-corrected chi connectivity index (χ4v) is 3.27. The van der Waals surface area contributed by atoms with Gasteiger partial charge in [0, 0.05) is 36.9 Å². The van der Waals surface area contributed by atoms with Crippen molar-refractivity contribution in [1.82, 2.24) is 14.5 Å². The number of hydrogen-bond acceptors (Lipinski definition) is 3. The van der Waals surface area contributed by atoms with Gasteiger partial charge in [-0.05, 0) is 31.8 Å². The smallest absolute Gasteiger partial charge is 0.0948 e. The Hall–Kier alpha value is -0.870. The second-order valence-electron chi connectivity index (χ2n) is 5.98. The van der Waals surface area contributed by atoms with Crippen molar-refractivity contribution >= 4 is 0 Å². The van der Waals surface area contributed by atoms with Crippen LogP contribution in [0.3, 0.4) is 0 Å². The van der Waals surface area contributed by atoms with E-state index in [9.17, 15) is 0 Å². The predicted octanol–water partition coefficient (Wildman–Crippen LogP) is 2.07. The Morgan fingerprint density at radius 3 is 2.89 bits per heavy atom. The maximum atomic E-state index is 5.94. The molecule has 2 unspecified atom stereocenters. The number of likely N-dealkylation sites (N-methyl/N-ethyl adjacent to an activating group) is 1. The maximum absolute atomic E-state index is 5.94. The van der Waals surface area contributed by atoms with Crippen molar-refractivity contribution in [3.05, 3.63) is 18.2 Å². The van der Waals surface area contributed by atoms with Crippen LogP contribution in [0.5, 0.6) is 0 Å². The molecule has 1 aromatic rings. The van der Waals surface area contributed by atoms with Gasteiger partial charge in [-0.15, -0.1) is 0 Å². The van der Waals surface area contributed by atoms with Crippen LogP contribution < -0.4 is 5.73 Å². The fraction of sp³-hybridized carbons (Fsp3) is 0.800. The summed E-state index contributed by atoms with van der Waals surface area (Å²) in [7, 11) is 0. The Morgan fingerprint density at radius 2 is 2.26 bits per heavy atom. The average Bonchev–Trinajstić information content (AvgIpc) is 3.00. The summed E-state index contributed by atoms with van der Waals surface area (Å²) in [6, 6.07) is 0.670. The van der Waals surface area contributed by atoms with Crippen LogP contribution in [0.4, 0.5) is 0 Å². The van der Waals surface area contributed by atoms with Crippen LogP contribution in [0.25, 0.3) is 0 Å². The van der Waals surface area contributed by atoms with Crippen molar-refractivity contribution in [2.24, 2.45) is 11.7 Å². The third kappa shape index (κ3) is 3.18. The molecule has 19 heavy (non-hydrogen) atoms. The molecule has 0 aliphatic carbocycles. The highest BCUT2D eigenvalue weighted by Crippen LogP contribution is 2.25. The van der Waals surface area contributed by atoms with Gasteiger partial charge in [-0.2, -0.15) is 0 Å². The second kappa shape index (κ2) is 6.53. The summed E-state index contributed by atoms with van der Waals surface area (Å²) >= 11 is 0. The first-order valence-corrected chi connectivity index (χ1v) is 7.61. The molecule has 1 aliphatic rings. The molecule has 0 spiro atoms. The number of imidazole rings is 1. The summed E-state index contributed by atoms with van der Waals surface area (Å²) in [6.45, 7) is 10.9. The van der Waals surface area contributed by atoms with E-state index >= 15 is 0 Å². The Morgan fingerprint density at radius 1 is 1.47 bits per heavy atom. The Labute approximate surface area is 117 Å². The summed E-state index contributed by atoms with van der Waals surface area (Å²) < 4.78 is 2.33. The van der Waals surface area contributed by atoms with Crippen LogP contribution in [0.2, 0.25) is 0 Å². The monoisotopic (exact) mass is 264 g/mol. The minimum atomic E-state index is 0.416. The molecular formula is C15H28N4. The normalized spacial score (nSPS) is 22.3. The molecule has 2 atom stereocenters. The van der Waals surface area contributed by atoms with Crippen molar-refractivity contribution < 1.29 is 0 Å². The van der Waals surface area contributed by atoms with Crippen LogP contribution in [0, 0.1) is 5.92 Å². The van der Waals surface area contributed by atoms with Crippen LogP contribution >= 0.6 is 0 Å². The molecular weight excluding hydrogens is 236 g/mol. The Kier molecular flexibility index (Phi) is 4.99. The van der Waals surface area contributed by atoms with E-state index in [0.29, 0.717) is 24.4 Å². The molecule has 1 saturated heterocycles. The van der Waals surface area contributed by atoms with Gasteiger partial charge < -0.3 is 10.3 Å². The van der Waals surface area contributed by atoms with Gasteiger partial charge in [0.2, 0.25) is 0 Å². The molecule has 2 heterocycles. The van der Waals surface area contributed by atoms with Gasteiger partial charge in [-0.3, -0.25) is 4.90 Å². The molecule has 0 radical (unpaired) electrons. The number of nitrogens with zero attached hydrogens (tertiary/aromatic N) is 3. The number of nitrogens with two attached hydrogens (primary N) is 1. The standard InChI is InChI=1S/C15H28N4/c1-4-18-7-5-6-13(18)10-19-11-17-9-15(19)14(8-16)12(2)3/h9,11-14H,4-8,10,16H2,1-3H3. The summed E-state index contributed by atoms with van der Waals surface area (Å²) in [6.07, 6.45) is 6.61. The molecule has 4 heteroatoms. The lowest BCUT2D eigenvalue weighted by Gasteiger charge is -2.26. The van der Waals surface area contributed by atoms with Gasteiger partial charge in [-0.25, -0.2) is 4.98 Å². The van der Waals surface area contributed by atoms with E-state index < -0.39 is 0 Å². The van der Waals surface area contributed by atoms with E-state index in [1.165, 1.54) is 25.1 Å². The number of rotatable bonds is 6. The first-order valence-electron chi connectivity index (χ1n) is 7.61. The van der Waals surface area contributed by atoms with Gasteiger partial charge >= 0.3 is 0 Å². The highest BCUT2D eigenvalue weighted by molar-refractivity contribution is 5.08. The zero-order valence-electron chi connectivity index (χ0n) is 12.5. The van der Waals surface area contributed by atoms with Gasteiger partial charge in [-0.1, -0.05) is 20.8 Å². The van der Waals surface area contributed by atoms with E-state index in [-0.39, 0.29) is 0 Å². The predicted molar refractivity (Wildman–Crippen MR) is 79.1 cm³/mol. The topological polar surface area (TPSA) is 47.1 Å². The molecule has 4 nitrogen and oxygen atoms in total. The highest BCUT2D eigenvalue weighted by atomic mass is 15.2. The lowest BCUT2D eigenvalue weighted by atomic mass is 9.93. The van der Waals surface area contributed by atoms with Gasteiger partial charge in [0.15, 0.2) is 0 Å². The van der Waals surface area contributed by atoms with Crippen molar-refractivity contribution in [3.8, 4) is 0 Å².